The molecule has 2 heterocycles. The Morgan fingerprint density at radius 1 is 1.11 bits per heavy atom. The van der Waals surface area contributed by atoms with Gasteiger partial charge in [-0.2, -0.15) is 18.4 Å². The Labute approximate surface area is 252 Å². The molecule has 7 nitrogen and oxygen atoms in total. The summed E-state index contributed by atoms with van der Waals surface area (Å²) in [7, 11) is 0. The number of rotatable bonds is 7. The van der Waals surface area contributed by atoms with Crippen molar-refractivity contribution in [2.45, 2.75) is 37.5 Å². The fraction of sp³-hybridized carbons (Fsp3) is 0.226. The second-order valence-electron chi connectivity index (χ2n) is 10.2. The van der Waals surface area contributed by atoms with E-state index < -0.39 is 47.3 Å². The molecule has 2 N–H and O–H groups in total. The number of aliphatic carboxylic acids is 1. The van der Waals surface area contributed by atoms with Crippen LogP contribution < -0.4 is 10.2 Å². The third-order valence-corrected chi connectivity index (χ3v) is 7.80. The van der Waals surface area contributed by atoms with Crippen LogP contribution in [0.15, 0.2) is 60.8 Å². The zero-order chi connectivity index (χ0) is 31.8. The van der Waals surface area contributed by atoms with Crippen molar-refractivity contribution >= 4 is 40.1 Å². The van der Waals surface area contributed by atoms with Crippen molar-refractivity contribution in [1.29, 1.82) is 5.26 Å². The highest BCUT2D eigenvalue weighted by atomic mass is 35.5. The van der Waals surface area contributed by atoms with E-state index in [2.05, 4.69) is 10.3 Å². The molecule has 44 heavy (non-hydrogen) atoms. The average molecular weight is 629 g/mol. The Kier molecular flexibility index (Phi) is 8.43. The number of hydrogen-bond acceptors (Lipinski definition) is 5. The van der Waals surface area contributed by atoms with Crippen molar-refractivity contribution in [3.63, 3.8) is 0 Å². The van der Waals surface area contributed by atoms with Gasteiger partial charge in [-0.3, -0.25) is 9.78 Å². The Morgan fingerprint density at radius 2 is 1.82 bits per heavy atom. The Bertz CT molecular complexity index is 1800. The molecule has 1 amide bonds. The standard InChI is InChI=1S/C31H22ClF5N4O3/c32-22-11-16(15-38)5-7-20(22)21-8-6-17(19-3-1-9-39-28(19)21)12-25(30(43)44)40-29(42)27-23(33)13-18(14-24(27)34)41-10-2-4-26(41)31(35,36)37/h1,3,5-9,11,13-14,25-26H,2,4,10,12H2,(H,40,42)(H,43,44)/t25?,26-/m1/s1. The minimum atomic E-state index is -4.61. The maximum absolute atomic E-state index is 15.0. The number of nitrogens with one attached hydrogen (secondary N) is 1. The summed E-state index contributed by atoms with van der Waals surface area (Å²) < 4.78 is 70.2. The molecular weight excluding hydrogens is 607 g/mol. The lowest BCUT2D eigenvalue weighted by Crippen LogP contribution is -2.43. The number of carboxylic acids is 1. The highest BCUT2D eigenvalue weighted by Gasteiger charge is 2.46. The number of hydrogen-bond donors (Lipinski definition) is 2. The summed E-state index contributed by atoms with van der Waals surface area (Å²) in [5.41, 5.74) is 0.958. The molecule has 226 valence electrons. The van der Waals surface area contributed by atoms with Crippen molar-refractivity contribution in [3.8, 4) is 17.2 Å². The molecule has 3 aromatic carbocycles. The maximum Gasteiger partial charge on any atom is 0.408 e. The van der Waals surface area contributed by atoms with E-state index in [1.54, 1.807) is 36.4 Å². The minimum absolute atomic E-state index is 0.0747. The largest absolute Gasteiger partial charge is 0.480 e. The predicted octanol–water partition coefficient (Wildman–Crippen LogP) is 6.66. The maximum atomic E-state index is 15.0. The first-order chi connectivity index (χ1) is 20.9. The average Bonchev–Trinajstić information content (AvgIpc) is 3.48. The van der Waals surface area contributed by atoms with Gasteiger partial charge in [-0.05, 0) is 48.7 Å². The lowest BCUT2D eigenvalue weighted by Gasteiger charge is -2.28. The third-order valence-electron chi connectivity index (χ3n) is 7.49. The zero-order valence-electron chi connectivity index (χ0n) is 22.6. The van der Waals surface area contributed by atoms with Crippen molar-refractivity contribution in [2.24, 2.45) is 0 Å². The summed E-state index contributed by atoms with van der Waals surface area (Å²) in [6.07, 6.45) is -3.45. The van der Waals surface area contributed by atoms with Crippen LogP contribution in [-0.4, -0.2) is 46.8 Å². The SMILES string of the molecule is N#Cc1ccc(-c2ccc(CC(NC(=O)c3c(F)cc(N4CCC[C@@H]4C(F)(F)F)cc3F)C(=O)O)c3cccnc23)c(Cl)c1. The number of pyridine rings is 1. The summed E-state index contributed by atoms with van der Waals surface area (Å²) >= 11 is 6.41. The molecule has 1 saturated heterocycles. The Hall–Kier alpha value is -4.76. The minimum Gasteiger partial charge on any atom is -0.480 e. The number of carboxylic acid groups (broad SMARTS) is 1. The molecule has 1 aromatic heterocycles. The Morgan fingerprint density at radius 3 is 2.45 bits per heavy atom. The smallest absolute Gasteiger partial charge is 0.408 e. The van der Waals surface area contributed by atoms with Gasteiger partial charge >= 0.3 is 12.1 Å². The van der Waals surface area contributed by atoms with E-state index in [1.165, 1.54) is 12.3 Å². The number of nitriles is 1. The molecule has 1 aliphatic rings. The van der Waals surface area contributed by atoms with Gasteiger partial charge in [-0.25, -0.2) is 13.6 Å². The van der Waals surface area contributed by atoms with E-state index in [1.807, 2.05) is 6.07 Å². The molecule has 0 aliphatic carbocycles. The van der Waals surface area contributed by atoms with E-state index in [0.717, 1.165) is 4.90 Å². The van der Waals surface area contributed by atoms with Crippen LogP contribution in [0, 0.1) is 23.0 Å². The van der Waals surface area contributed by atoms with Crippen molar-refractivity contribution in [2.75, 3.05) is 11.4 Å². The zero-order valence-corrected chi connectivity index (χ0v) is 23.4. The normalized spacial score (nSPS) is 15.7. The molecule has 1 fully saturated rings. The van der Waals surface area contributed by atoms with E-state index in [9.17, 15) is 27.9 Å². The van der Waals surface area contributed by atoms with Gasteiger partial charge in [0.05, 0.1) is 17.1 Å². The first kappa shape index (κ1) is 30.7. The van der Waals surface area contributed by atoms with Crippen molar-refractivity contribution < 1.29 is 36.6 Å². The van der Waals surface area contributed by atoms with Crippen LogP contribution in [0.2, 0.25) is 5.02 Å². The van der Waals surface area contributed by atoms with Crippen LogP contribution in [0.5, 0.6) is 0 Å². The van der Waals surface area contributed by atoms with Gasteiger partial charge in [0.2, 0.25) is 0 Å². The summed E-state index contributed by atoms with van der Waals surface area (Å²) in [4.78, 5) is 30.3. The highest BCUT2D eigenvalue weighted by molar-refractivity contribution is 6.33. The van der Waals surface area contributed by atoms with Gasteiger partial charge in [0, 0.05) is 46.4 Å². The monoisotopic (exact) mass is 628 g/mol. The molecule has 5 rings (SSSR count). The number of amides is 1. The topological polar surface area (TPSA) is 106 Å². The van der Waals surface area contributed by atoms with Crippen LogP contribution in [0.3, 0.4) is 0 Å². The van der Waals surface area contributed by atoms with Crippen LogP contribution in [-0.2, 0) is 11.2 Å². The number of alkyl halides is 3. The van der Waals surface area contributed by atoms with E-state index >= 15 is 8.78 Å². The predicted molar refractivity (Wildman–Crippen MR) is 152 cm³/mol. The molecular formula is C31H22ClF5N4O3. The summed E-state index contributed by atoms with van der Waals surface area (Å²) in [6, 6.07) is 11.1. The molecule has 13 heteroatoms. The van der Waals surface area contributed by atoms with Gasteiger partial charge in [-0.15, -0.1) is 0 Å². The molecule has 1 aliphatic heterocycles. The van der Waals surface area contributed by atoms with Crippen molar-refractivity contribution in [3.05, 3.63) is 94.1 Å². The number of fused-ring (bicyclic) bond motifs is 1. The molecule has 0 spiro atoms. The number of benzene rings is 3. The van der Waals surface area contributed by atoms with Crippen LogP contribution in [0.25, 0.3) is 22.0 Å². The lowest BCUT2D eigenvalue weighted by atomic mass is 9.94. The fourth-order valence-corrected chi connectivity index (χ4v) is 5.72. The van der Waals surface area contributed by atoms with Crippen LogP contribution in [0.4, 0.5) is 27.6 Å². The van der Waals surface area contributed by atoms with E-state index in [4.69, 9.17) is 16.9 Å². The fourth-order valence-electron chi connectivity index (χ4n) is 5.44. The molecule has 0 radical (unpaired) electrons. The van der Waals surface area contributed by atoms with E-state index in [0.29, 0.717) is 50.3 Å². The molecule has 1 unspecified atom stereocenters. The van der Waals surface area contributed by atoms with Gasteiger partial charge in [0.25, 0.3) is 5.91 Å². The van der Waals surface area contributed by atoms with Gasteiger partial charge in [0.15, 0.2) is 0 Å². The number of aromatic nitrogens is 1. The number of carbonyl (C=O) groups excluding carboxylic acids is 1. The summed E-state index contributed by atoms with van der Waals surface area (Å²) in [5, 5.41) is 22.0. The van der Waals surface area contributed by atoms with Gasteiger partial charge in [0.1, 0.15) is 29.3 Å². The molecule has 0 bridgehead atoms. The quantitative estimate of drug-likeness (QED) is 0.222. The van der Waals surface area contributed by atoms with Crippen LogP contribution in [0.1, 0.15) is 34.3 Å². The third kappa shape index (κ3) is 6.01. The number of halogens is 6. The summed E-state index contributed by atoms with van der Waals surface area (Å²) in [5.74, 6) is -5.71. The number of anilines is 1. The second kappa shape index (κ2) is 12.1. The highest BCUT2D eigenvalue weighted by Crippen LogP contribution is 2.37. The molecule has 0 saturated carbocycles. The first-order valence-corrected chi connectivity index (χ1v) is 13.7. The number of nitrogens with zero attached hydrogens (tertiary/aromatic N) is 3. The first-order valence-electron chi connectivity index (χ1n) is 13.3. The number of carbonyl (C=O) groups is 2. The summed E-state index contributed by atoms with van der Waals surface area (Å²) in [6.45, 7) is -0.0747. The van der Waals surface area contributed by atoms with Crippen molar-refractivity contribution in [1.82, 2.24) is 10.3 Å². The second-order valence-corrected chi connectivity index (χ2v) is 10.6. The van der Waals surface area contributed by atoms with E-state index in [-0.39, 0.29) is 31.5 Å². The molecule has 4 aromatic rings. The van der Waals surface area contributed by atoms with Gasteiger partial charge in [-0.1, -0.05) is 35.9 Å². The lowest BCUT2D eigenvalue weighted by molar-refractivity contribution is -0.146. The Balaban J connectivity index is 1.42. The van der Waals surface area contributed by atoms with Gasteiger partial charge < -0.3 is 15.3 Å². The van der Waals surface area contributed by atoms with Crippen LogP contribution >= 0.6 is 11.6 Å². The molecule has 2 atom stereocenters.